The molecule has 0 radical (unpaired) electrons. The number of carbonyl (C=O) groups excluding carboxylic acids is 1. The molecule has 0 aliphatic rings. The first-order valence-corrected chi connectivity index (χ1v) is 11.1. The Bertz CT molecular complexity index is 1190. The number of anilines is 1. The Morgan fingerprint density at radius 1 is 0.969 bits per heavy atom. The highest BCUT2D eigenvalue weighted by molar-refractivity contribution is 7.14. The van der Waals surface area contributed by atoms with Gasteiger partial charge in [-0.1, -0.05) is 30.3 Å². The Morgan fingerprint density at radius 2 is 1.72 bits per heavy atom. The van der Waals surface area contributed by atoms with Gasteiger partial charge in [0, 0.05) is 18.1 Å². The van der Waals surface area contributed by atoms with Crippen LogP contribution in [0.5, 0.6) is 11.5 Å². The van der Waals surface area contributed by atoms with Crippen molar-refractivity contribution in [3.63, 3.8) is 0 Å². The minimum absolute atomic E-state index is 0.0838. The average Bonchev–Trinajstić information content (AvgIpc) is 3.33. The van der Waals surface area contributed by atoms with Crippen LogP contribution in [0.1, 0.15) is 0 Å². The van der Waals surface area contributed by atoms with E-state index in [0.29, 0.717) is 24.0 Å². The number of amides is 1. The molecular weight excluding hydrogens is 424 g/mol. The number of hydrogen-bond acceptors (Lipinski definition) is 6. The summed E-state index contributed by atoms with van der Waals surface area (Å²) in [6, 6.07) is 21.5. The van der Waals surface area contributed by atoms with Gasteiger partial charge in [-0.15, -0.1) is 11.3 Å². The fourth-order valence-corrected chi connectivity index (χ4v) is 4.15. The standard InChI is InChI=1S/C25H24N2O4S/c1-29-14-13-27(25-26-23(17-32-25)19-8-10-21(30-2)11-9-19)24(28)16-31-22-12-7-18-5-3-4-6-20(18)15-22/h3-12,15,17H,13-14,16H2,1-2H3. The van der Waals surface area contributed by atoms with E-state index in [-0.39, 0.29) is 12.5 Å². The summed E-state index contributed by atoms with van der Waals surface area (Å²) in [6.45, 7) is 0.713. The van der Waals surface area contributed by atoms with Gasteiger partial charge < -0.3 is 14.2 Å². The van der Waals surface area contributed by atoms with Gasteiger partial charge in [0.1, 0.15) is 11.5 Å². The van der Waals surface area contributed by atoms with Crippen molar-refractivity contribution in [3.8, 4) is 22.8 Å². The lowest BCUT2D eigenvalue weighted by Gasteiger charge is -2.19. The highest BCUT2D eigenvalue weighted by Gasteiger charge is 2.20. The van der Waals surface area contributed by atoms with Crippen LogP contribution >= 0.6 is 11.3 Å². The van der Waals surface area contributed by atoms with Gasteiger partial charge in [-0.2, -0.15) is 0 Å². The molecule has 164 valence electrons. The molecule has 0 bridgehead atoms. The molecule has 0 N–H and O–H groups in total. The molecule has 0 spiro atoms. The van der Waals surface area contributed by atoms with E-state index in [1.54, 1.807) is 19.1 Å². The zero-order valence-electron chi connectivity index (χ0n) is 18.0. The fraction of sp³-hybridized carbons (Fsp3) is 0.200. The predicted octanol–water partition coefficient (Wildman–Crippen LogP) is 5.03. The maximum atomic E-state index is 13.0. The summed E-state index contributed by atoms with van der Waals surface area (Å²) in [4.78, 5) is 19.3. The molecule has 3 aromatic carbocycles. The van der Waals surface area contributed by atoms with Crippen LogP contribution in [-0.4, -0.2) is 44.9 Å². The number of nitrogens with zero attached hydrogens (tertiary/aromatic N) is 2. The van der Waals surface area contributed by atoms with Crippen LogP contribution in [0.3, 0.4) is 0 Å². The third-order valence-corrected chi connectivity index (χ3v) is 5.88. The molecule has 1 aromatic heterocycles. The predicted molar refractivity (Wildman–Crippen MR) is 128 cm³/mol. The van der Waals surface area contributed by atoms with Gasteiger partial charge in [0.2, 0.25) is 0 Å². The van der Waals surface area contributed by atoms with Gasteiger partial charge in [-0.3, -0.25) is 9.69 Å². The minimum atomic E-state index is -0.175. The van der Waals surface area contributed by atoms with Crippen molar-refractivity contribution in [1.29, 1.82) is 0 Å². The number of carbonyl (C=O) groups is 1. The zero-order valence-corrected chi connectivity index (χ0v) is 18.8. The van der Waals surface area contributed by atoms with Gasteiger partial charge in [0.25, 0.3) is 5.91 Å². The molecule has 4 rings (SSSR count). The smallest absolute Gasteiger partial charge is 0.266 e. The molecule has 0 aliphatic carbocycles. The summed E-state index contributed by atoms with van der Waals surface area (Å²) in [5.74, 6) is 1.26. The quantitative estimate of drug-likeness (QED) is 0.359. The van der Waals surface area contributed by atoms with Crippen LogP contribution in [0.15, 0.2) is 72.1 Å². The molecule has 0 fully saturated rings. The lowest BCUT2D eigenvalue weighted by molar-refractivity contribution is -0.120. The maximum absolute atomic E-state index is 13.0. The summed E-state index contributed by atoms with van der Waals surface area (Å²) in [7, 11) is 3.24. The Labute approximate surface area is 191 Å². The molecule has 32 heavy (non-hydrogen) atoms. The Hall–Kier alpha value is -3.42. The third kappa shape index (κ3) is 5.07. The number of rotatable bonds is 9. The second-order valence-electron chi connectivity index (χ2n) is 7.08. The maximum Gasteiger partial charge on any atom is 0.266 e. The van der Waals surface area contributed by atoms with Gasteiger partial charge >= 0.3 is 0 Å². The lowest BCUT2D eigenvalue weighted by Crippen LogP contribution is -2.37. The molecule has 7 heteroatoms. The van der Waals surface area contributed by atoms with Crippen LogP contribution in [0.25, 0.3) is 22.0 Å². The Morgan fingerprint density at radius 3 is 2.47 bits per heavy atom. The first-order valence-electron chi connectivity index (χ1n) is 10.2. The van der Waals surface area contributed by atoms with Crippen LogP contribution in [0, 0.1) is 0 Å². The largest absolute Gasteiger partial charge is 0.497 e. The highest BCUT2D eigenvalue weighted by atomic mass is 32.1. The second kappa shape index (κ2) is 10.3. The van der Waals surface area contributed by atoms with Crippen molar-refractivity contribution in [2.75, 3.05) is 38.9 Å². The molecule has 0 aliphatic heterocycles. The van der Waals surface area contributed by atoms with Crippen molar-refractivity contribution in [3.05, 3.63) is 72.1 Å². The summed E-state index contributed by atoms with van der Waals surface area (Å²) >= 11 is 1.42. The minimum Gasteiger partial charge on any atom is -0.497 e. The highest BCUT2D eigenvalue weighted by Crippen LogP contribution is 2.29. The molecule has 0 saturated heterocycles. The van der Waals surface area contributed by atoms with E-state index in [4.69, 9.17) is 14.2 Å². The van der Waals surface area contributed by atoms with Crippen molar-refractivity contribution in [2.45, 2.75) is 0 Å². The first-order chi connectivity index (χ1) is 15.7. The van der Waals surface area contributed by atoms with Crippen LogP contribution in [0.4, 0.5) is 5.13 Å². The second-order valence-corrected chi connectivity index (χ2v) is 7.92. The number of benzene rings is 3. The molecule has 1 heterocycles. The van der Waals surface area contributed by atoms with Crippen molar-refractivity contribution in [2.24, 2.45) is 0 Å². The van der Waals surface area contributed by atoms with Crippen molar-refractivity contribution in [1.82, 2.24) is 4.98 Å². The van der Waals surface area contributed by atoms with E-state index in [1.165, 1.54) is 11.3 Å². The molecular formula is C25H24N2O4S. The third-order valence-electron chi connectivity index (χ3n) is 5.01. The van der Waals surface area contributed by atoms with Crippen LogP contribution in [0.2, 0.25) is 0 Å². The van der Waals surface area contributed by atoms with Gasteiger partial charge in [0.05, 0.1) is 26.0 Å². The number of methoxy groups -OCH3 is 2. The zero-order chi connectivity index (χ0) is 22.3. The SMILES string of the molecule is COCCN(C(=O)COc1ccc2ccccc2c1)c1nc(-c2ccc(OC)cc2)cs1. The van der Waals surface area contributed by atoms with Crippen molar-refractivity contribution >= 4 is 33.1 Å². The number of hydrogen-bond donors (Lipinski definition) is 0. The normalized spacial score (nSPS) is 10.8. The summed E-state index contributed by atoms with van der Waals surface area (Å²) in [6.07, 6.45) is 0. The van der Waals surface area contributed by atoms with Gasteiger partial charge in [-0.05, 0) is 47.2 Å². The Kier molecular flexibility index (Phi) is 6.99. The van der Waals surface area contributed by atoms with E-state index >= 15 is 0 Å². The molecule has 1 amide bonds. The number of fused-ring (bicyclic) bond motifs is 1. The molecule has 0 atom stereocenters. The Balaban J connectivity index is 1.48. The van der Waals surface area contributed by atoms with Gasteiger partial charge in [-0.25, -0.2) is 4.98 Å². The topological polar surface area (TPSA) is 60.9 Å². The van der Waals surface area contributed by atoms with E-state index in [0.717, 1.165) is 27.8 Å². The number of ether oxygens (including phenoxy) is 3. The summed E-state index contributed by atoms with van der Waals surface area (Å²) < 4.78 is 16.2. The molecule has 0 unspecified atom stereocenters. The monoisotopic (exact) mass is 448 g/mol. The number of aromatic nitrogens is 1. The average molecular weight is 449 g/mol. The molecule has 0 saturated carbocycles. The van der Waals surface area contributed by atoms with Gasteiger partial charge in [0.15, 0.2) is 11.7 Å². The van der Waals surface area contributed by atoms with E-state index in [1.807, 2.05) is 72.1 Å². The summed E-state index contributed by atoms with van der Waals surface area (Å²) in [5.41, 5.74) is 1.76. The number of thiazole rings is 1. The molecule has 4 aromatic rings. The van der Waals surface area contributed by atoms with E-state index < -0.39 is 0 Å². The van der Waals surface area contributed by atoms with Crippen LogP contribution in [-0.2, 0) is 9.53 Å². The summed E-state index contributed by atoms with van der Waals surface area (Å²) in [5, 5.41) is 4.74. The molecule has 6 nitrogen and oxygen atoms in total. The lowest BCUT2D eigenvalue weighted by atomic mass is 10.1. The van der Waals surface area contributed by atoms with Crippen LogP contribution < -0.4 is 14.4 Å². The van der Waals surface area contributed by atoms with Crippen molar-refractivity contribution < 1.29 is 19.0 Å². The first kappa shape index (κ1) is 21.8. The van der Waals surface area contributed by atoms with E-state index in [2.05, 4.69) is 4.98 Å². The van der Waals surface area contributed by atoms with E-state index in [9.17, 15) is 4.79 Å². The fourth-order valence-electron chi connectivity index (χ4n) is 3.27.